The molecule has 6 nitrogen and oxygen atoms in total. The van der Waals surface area contributed by atoms with E-state index in [1.54, 1.807) is 18.2 Å². The van der Waals surface area contributed by atoms with Gasteiger partial charge in [0, 0.05) is 17.9 Å². The first kappa shape index (κ1) is 23.7. The summed E-state index contributed by atoms with van der Waals surface area (Å²) in [6.07, 6.45) is 1.19. The molecule has 1 aromatic heterocycles. The molecule has 3 aromatic carbocycles. The van der Waals surface area contributed by atoms with E-state index in [4.69, 9.17) is 13.6 Å². The minimum absolute atomic E-state index is 0.00596. The highest BCUT2D eigenvalue weighted by atomic mass is 32.2. The van der Waals surface area contributed by atoms with Crippen molar-refractivity contribution in [1.29, 1.82) is 0 Å². The topological polar surface area (TPSA) is 85.9 Å². The first-order valence-electron chi connectivity index (χ1n) is 11.2. The maximum absolute atomic E-state index is 14.3. The first-order chi connectivity index (χ1) is 17.2. The Labute approximate surface area is 207 Å². The highest BCUT2D eigenvalue weighted by molar-refractivity contribution is 7.87. The van der Waals surface area contributed by atoms with Gasteiger partial charge in [0.2, 0.25) is 11.2 Å². The van der Waals surface area contributed by atoms with Crippen LogP contribution in [0.15, 0.2) is 104 Å². The number of rotatable bonds is 6. The number of hydrogen-bond acceptors (Lipinski definition) is 6. The first-order valence-corrected chi connectivity index (χ1v) is 12.6. The summed E-state index contributed by atoms with van der Waals surface area (Å²) < 4.78 is 51.3. The predicted octanol–water partition coefficient (Wildman–Crippen LogP) is 5.49. The molecule has 0 saturated heterocycles. The van der Waals surface area contributed by atoms with Gasteiger partial charge in [0.15, 0.2) is 5.76 Å². The Hall–Kier alpha value is -4.04. The molecule has 182 valence electrons. The van der Waals surface area contributed by atoms with Crippen molar-refractivity contribution >= 4 is 21.5 Å². The second-order valence-electron chi connectivity index (χ2n) is 8.88. The Bertz CT molecular complexity index is 1640. The third-order valence-corrected chi connectivity index (χ3v) is 7.51. The van der Waals surface area contributed by atoms with Crippen molar-refractivity contribution < 1.29 is 21.4 Å². The molecule has 0 fully saturated rings. The third-order valence-electron chi connectivity index (χ3n) is 6.28. The molecule has 5 rings (SSSR count). The number of fused-ring (bicyclic) bond motifs is 1. The molecule has 0 radical (unpaired) electrons. The van der Waals surface area contributed by atoms with Gasteiger partial charge in [-0.05, 0) is 55.3 Å². The fourth-order valence-corrected chi connectivity index (χ4v) is 5.38. The molecule has 1 unspecified atom stereocenters. The van der Waals surface area contributed by atoms with Crippen LogP contribution < -0.4 is 9.61 Å². The molecule has 0 spiro atoms. The lowest BCUT2D eigenvalue weighted by Gasteiger charge is -2.28. The number of aliphatic imine (C=N–C) groups is 1. The van der Waals surface area contributed by atoms with Gasteiger partial charge in [0.1, 0.15) is 10.7 Å². The minimum Gasteiger partial charge on any atom is -0.465 e. The molecule has 1 atom stereocenters. The molecule has 0 amide bonds. The SMILES string of the molecule is Cc1ccc(S(=O)(=O)Oc2c(CC3(C)C(c4ccccc4)=Nc4ccc(F)cc43)occc2=O)cc1. The molecule has 1 aliphatic heterocycles. The summed E-state index contributed by atoms with van der Waals surface area (Å²) in [7, 11) is -4.31. The Balaban J connectivity index is 1.60. The smallest absolute Gasteiger partial charge is 0.339 e. The van der Waals surface area contributed by atoms with Gasteiger partial charge in [0.05, 0.1) is 17.7 Å². The Kier molecular flexibility index (Phi) is 5.84. The van der Waals surface area contributed by atoms with Crippen molar-refractivity contribution in [2.45, 2.75) is 30.6 Å². The zero-order valence-electron chi connectivity index (χ0n) is 19.6. The summed E-state index contributed by atoms with van der Waals surface area (Å²) in [4.78, 5) is 17.5. The Morgan fingerprint density at radius 2 is 1.72 bits per heavy atom. The summed E-state index contributed by atoms with van der Waals surface area (Å²) in [5.74, 6) is -0.851. The third kappa shape index (κ3) is 4.24. The van der Waals surface area contributed by atoms with E-state index in [2.05, 4.69) is 0 Å². The fourth-order valence-electron chi connectivity index (χ4n) is 4.42. The summed E-state index contributed by atoms with van der Waals surface area (Å²) in [6, 6.07) is 20.9. The quantitative estimate of drug-likeness (QED) is 0.325. The van der Waals surface area contributed by atoms with Crippen LogP contribution in [0.3, 0.4) is 0 Å². The molecule has 2 heterocycles. The molecular weight excluding hydrogens is 481 g/mol. The van der Waals surface area contributed by atoms with Crippen molar-refractivity contribution in [3.8, 4) is 5.75 Å². The normalized spacial score (nSPS) is 16.9. The van der Waals surface area contributed by atoms with Gasteiger partial charge in [0.25, 0.3) is 0 Å². The van der Waals surface area contributed by atoms with Crippen LogP contribution >= 0.6 is 0 Å². The van der Waals surface area contributed by atoms with Crippen molar-refractivity contribution in [3.05, 3.63) is 124 Å². The summed E-state index contributed by atoms with van der Waals surface area (Å²) >= 11 is 0. The van der Waals surface area contributed by atoms with Crippen LogP contribution in [0, 0.1) is 12.7 Å². The lowest BCUT2D eigenvalue weighted by atomic mass is 9.73. The molecule has 1 aliphatic rings. The van der Waals surface area contributed by atoms with Crippen LogP contribution in [0.25, 0.3) is 0 Å². The average Bonchev–Trinajstić information content (AvgIpc) is 3.13. The molecule has 36 heavy (non-hydrogen) atoms. The Morgan fingerprint density at radius 3 is 2.44 bits per heavy atom. The average molecular weight is 504 g/mol. The molecular formula is C28H22FNO5S. The van der Waals surface area contributed by atoms with Crippen molar-refractivity contribution in [1.82, 2.24) is 0 Å². The van der Waals surface area contributed by atoms with Crippen LogP contribution in [0.1, 0.15) is 29.4 Å². The Morgan fingerprint density at radius 1 is 1.00 bits per heavy atom. The maximum Gasteiger partial charge on any atom is 0.339 e. The molecule has 0 aliphatic carbocycles. The van der Waals surface area contributed by atoms with Gasteiger partial charge in [-0.3, -0.25) is 9.79 Å². The number of hydrogen-bond donors (Lipinski definition) is 0. The van der Waals surface area contributed by atoms with E-state index in [0.717, 1.165) is 17.2 Å². The molecule has 0 N–H and O–H groups in total. The lowest BCUT2D eigenvalue weighted by Crippen LogP contribution is -2.34. The minimum atomic E-state index is -4.31. The van der Waals surface area contributed by atoms with Gasteiger partial charge in [-0.2, -0.15) is 8.42 Å². The van der Waals surface area contributed by atoms with Gasteiger partial charge < -0.3 is 8.60 Å². The lowest BCUT2D eigenvalue weighted by molar-refractivity contribution is 0.410. The summed E-state index contributed by atoms with van der Waals surface area (Å²) in [5, 5.41) is 0. The van der Waals surface area contributed by atoms with E-state index >= 15 is 0 Å². The molecule has 8 heteroatoms. The van der Waals surface area contributed by atoms with Gasteiger partial charge in [-0.1, -0.05) is 48.0 Å². The maximum atomic E-state index is 14.3. The van der Waals surface area contributed by atoms with E-state index in [1.807, 2.05) is 44.2 Å². The van der Waals surface area contributed by atoms with Crippen LogP contribution in [0.2, 0.25) is 0 Å². The number of halogens is 1. The summed E-state index contributed by atoms with van der Waals surface area (Å²) in [6.45, 7) is 3.69. The van der Waals surface area contributed by atoms with E-state index in [-0.39, 0.29) is 17.1 Å². The van der Waals surface area contributed by atoms with E-state index < -0.39 is 32.5 Å². The second-order valence-corrected chi connectivity index (χ2v) is 10.4. The van der Waals surface area contributed by atoms with Crippen LogP contribution in [0.5, 0.6) is 5.75 Å². The standard InChI is InChI=1S/C28H22FNO5S/c1-18-8-11-21(12-9-18)36(32,33)35-26-24(31)14-15-34-25(26)17-28(2)22-16-20(29)10-13-23(22)30-27(28)19-6-4-3-5-7-19/h3-16H,17H2,1-2H3. The number of benzene rings is 3. The summed E-state index contributed by atoms with van der Waals surface area (Å²) in [5.41, 5.74) is 1.92. The van der Waals surface area contributed by atoms with Crippen molar-refractivity contribution in [2.24, 2.45) is 4.99 Å². The molecule has 4 aromatic rings. The van der Waals surface area contributed by atoms with Crippen molar-refractivity contribution in [3.63, 3.8) is 0 Å². The molecule has 0 bridgehead atoms. The highest BCUT2D eigenvalue weighted by Gasteiger charge is 2.42. The number of aryl methyl sites for hydroxylation is 1. The van der Waals surface area contributed by atoms with E-state index in [1.165, 1.54) is 30.5 Å². The zero-order chi connectivity index (χ0) is 25.5. The largest absolute Gasteiger partial charge is 0.465 e. The van der Waals surface area contributed by atoms with E-state index in [0.29, 0.717) is 17.0 Å². The monoisotopic (exact) mass is 503 g/mol. The van der Waals surface area contributed by atoms with Gasteiger partial charge in [-0.15, -0.1) is 0 Å². The van der Waals surface area contributed by atoms with Crippen LogP contribution in [0.4, 0.5) is 10.1 Å². The number of nitrogens with zero attached hydrogens (tertiary/aromatic N) is 1. The van der Waals surface area contributed by atoms with Crippen LogP contribution in [-0.4, -0.2) is 14.1 Å². The van der Waals surface area contributed by atoms with Crippen molar-refractivity contribution in [2.75, 3.05) is 0 Å². The van der Waals surface area contributed by atoms with Gasteiger partial charge in [-0.25, -0.2) is 4.39 Å². The predicted molar refractivity (Wildman–Crippen MR) is 134 cm³/mol. The highest BCUT2D eigenvalue weighted by Crippen LogP contribution is 2.45. The van der Waals surface area contributed by atoms with Crippen LogP contribution in [-0.2, 0) is 22.0 Å². The van der Waals surface area contributed by atoms with Gasteiger partial charge >= 0.3 is 10.1 Å². The fraction of sp³-hybridized carbons (Fsp3) is 0.143. The van der Waals surface area contributed by atoms with E-state index in [9.17, 15) is 17.6 Å². The zero-order valence-corrected chi connectivity index (χ0v) is 20.4. The second kappa shape index (κ2) is 8.87. The molecule has 0 saturated carbocycles.